The number of hydrogen-bond acceptors (Lipinski definition) is 3. The first-order chi connectivity index (χ1) is 9.20. The van der Waals surface area contributed by atoms with Crippen LogP contribution >= 0.6 is 15.9 Å². The van der Waals surface area contributed by atoms with Gasteiger partial charge in [-0.1, -0.05) is 15.9 Å². The van der Waals surface area contributed by atoms with E-state index in [4.69, 9.17) is 4.74 Å². The van der Waals surface area contributed by atoms with Crippen molar-refractivity contribution in [1.29, 1.82) is 0 Å². The maximum absolute atomic E-state index is 12.8. The molecule has 1 heterocycles. The van der Waals surface area contributed by atoms with Gasteiger partial charge in [-0.3, -0.25) is 0 Å². The highest BCUT2D eigenvalue weighted by molar-refractivity contribution is 9.10. The Balaban J connectivity index is 2.32. The normalized spacial score (nSPS) is 20.3. The number of ether oxygens (including phenoxy) is 1. The summed E-state index contributed by atoms with van der Waals surface area (Å²) in [6, 6.07) is 2.40. The Labute approximate surface area is 122 Å². The fraction of sp³-hybridized carbons (Fsp3) is 0.455. The molecule has 0 aliphatic carbocycles. The van der Waals surface area contributed by atoms with Crippen molar-refractivity contribution in [3.8, 4) is 0 Å². The SMILES string of the molecule is O=S(=O)(NC1CCOC1)c1ccc(Br)c(C(F)(F)F)c1. The number of rotatable bonds is 3. The van der Waals surface area contributed by atoms with Gasteiger partial charge in [0.25, 0.3) is 0 Å². The predicted octanol–water partition coefficient (Wildman–Crippen LogP) is 2.54. The molecule has 1 N–H and O–H groups in total. The highest BCUT2D eigenvalue weighted by Crippen LogP contribution is 2.36. The minimum absolute atomic E-state index is 0.201. The first-order valence-corrected chi connectivity index (χ1v) is 7.94. The topological polar surface area (TPSA) is 55.4 Å². The van der Waals surface area contributed by atoms with Crippen molar-refractivity contribution in [1.82, 2.24) is 4.72 Å². The standard InChI is InChI=1S/C11H11BrF3NO3S/c12-10-2-1-8(5-9(10)11(13,14)15)20(17,18)16-7-3-4-19-6-7/h1-2,5,7,16H,3-4,6H2. The van der Waals surface area contributed by atoms with Gasteiger partial charge in [-0.2, -0.15) is 13.2 Å². The van der Waals surface area contributed by atoms with Crippen molar-refractivity contribution in [2.75, 3.05) is 13.2 Å². The fourth-order valence-corrected chi connectivity index (χ4v) is 3.56. The van der Waals surface area contributed by atoms with Crippen LogP contribution in [0.25, 0.3) is 0 Å². The van der Waals surface area contributed by atoms with E-state index < -0.39 is 32.7 Å². The van der Waals surface area contributed by atoms with Gasteiger partial charge in [-0.15, -0.1) is 0 Å². The summed E-state index contributed by atoms with van der Waals surface area (Å²) in [6.07, 6.45) is -4.12. The lowest BCUT2D eigenvalue weighted by Crippen LogP contribution is -2.35. The first-order valence-electron chi connectivity index (χ1n) is 5.67. The molecule has 1 aromatic carbocycles. The third-order valence-corrected chi connectivity index (χ3v) is 5.01. The molecule has 1 atom stereocenters. The molecule has 0 bridgehead atoms. The molecule has 4 nitrogen and oxygen atoms in total. The molecule has 1 aromatic rings. The van der Waals surface area contributed by atoms with Crippen molar-refractivity contribution < 1.29 is 26.3 Å². The van der Waals surface area contributed by atoms with E-state index in [2.05, 4.69) is 20.7 Å². The predicted molar refractivity (Wildman–Crippen MR) is 68.7 cm³/mol. The Morgan fingerprint density at radius 2 is 2.05 bits per heavy atom. The van der Waals surface area contributed by atoms with Gasteiger partial charge in [-0.25, -0.2) is 13.1 Å². The van der Waals surface area contributed by atoms with Crippen LogP contribution in [0, 0.1) is 0 Å². The zero-order valence-electron chi connectivity index (χ0n) is 10.1. The number of halogens is 4. The summed E-state index contributed by atoms with van der Waals surface area (Å²) < 4.78 is 69.5. The number of sulfonamides is 1. The van der Waals surface area contributed by atoms with E-state index in [-0.39, 0.29) is 11.1 Å². The van der Waals surface area contributed by atoms with Gasteiger partial charge in [0.2, 0.25) is 10.0 Å². The van der Waals surface area contributed by atoms with Crippen LogP contribution in [0.1, 0.15) is 12.0 Å². The van der Waals surface area contributed by atoms with E-state index in [9.17, 15) is 21.6 Å². The first kappa shape index (κ1) is 15.7. The summed E-state index contributed by atoms with van der Waals surface area (Å²) in [4.78, 5) is -0.417. The van der Waals surface area contributed by atoms with Crippen molar-refractivity contribution in [2.24, 2.45) is 0 Å². The summed E-state index contributed by atoms with van der Waals surface area (Å²) >= 11 is 2.77. The van der Waals surface area contributed by atoms with Gasteiger partial charge in [0.1, 0.15) is 0 Å². The van der Waals surface area contributed by atoms with E-state index in [0.29, 0.717) is 19.1 Å². The Morgan fingerprint density at radius 3 is 2.60 bits per heavy atom. The van der Waals surface area contributed by atoms with Crippen molar-refractivity contribution in [2.45, 2.75) is 23.5 Å². The van der Waals surface area contributed by atoms with Gasteiger partial charge >= 0.3 is 6.18 Å². The molecule has 20 heavy (non-hydrogen) atoms. The number of nitrogens with one attached hydrogen (secondary N) is 1. The van der Waals surface area contributed by atoms with Crippen LogP contribution in [0.15, 0.2) is 27.6 Å². The van der Waals surface area contributed by atoms with Crippen molar-refractivity contribution in [3.05, 3.63) is 28.2 Å². The summed E-state index contributed by atoms with van der Waals surface area (Å²) in [5.74, 6) is 0. The zero-order valence-corrected chi connectivity index (χ0v) is 12.5. The number of benzene rings is 1. The smallest absolute Gasteiger partial charge is 0.380 e. The third kappa shape index (κ3) is 3.51. The van der Waals surface area contributed by atoms with E-state index in [0.717, 1.165) is 12.1 Å². The molecule has 1 aliphatic rings. The van der Waals surface area contributed by atoms with E-state index in [1.54, 1.807) is 0 Å². The molecular weight excluding hydrogens is 363 g/mol. The van der Waals surface area contributed by atoms with Crippen LogP contribution in [0.2, 0.25) is 0 Å². The van der Waals surface area contributed by atoms with Crippen molar-refractivity contribution >= 4 is 26.0 Å². The molecule has 1 fully saturated rings. The van der Waals surface area contributed by atoms with E-state index in [1.165, 1.54) is 0 Å². The highest BCUT2D eigenvalue weighted by atomic mass is 79.9. The van der Waals surface area contributed by atoms with Crippen LogP contribution in [-0.2, 0) is 20.9 Å². The summed E-state index contributed by atoms with van der Waals surface area (Å²) in [5, 5.41) is 0. The molecule has 0 saturated carbocycles. The lowest BCUT2D eigenvalue weighted by molar-refractivity contribution is -0.138. The molecule has 0 radical (unpaired) electrons. The second-order valence-corrected chi connectivity index (χ2v) is 6.89. The van der Waals surface area contributed by atoms with Crippen LogP contribution < -0.4 is 4.72 Å². The average Bonchev–Trinajstić information content (AvgIpc) is 2.79. The van der Waals surface area contributed by atoms with Crippen LogP contribution in [0.3, 0.4) is 0 Å². The second kappa shape index (κ2) is 5.63. The van der Waals surface area contributed by atoms with Gasteiger partial charge < -0.3 is 4.74 Å². The van der Waals surface area contributed by atoms with Gasteiger partial charge in [0, 0.05) is 17.1 Å². The zero-order chi connectivity index (χ0) is 15.0. The highest BCUT2D eigenvalue weighted by Gasteiger charge is 2.34. The molecule has 0 amide bonds. The number of hydrogen-bond donors (Lipinski definition) is 1. The molecule has 9 heteroatoms. The monoisotopic (exact) mass is 373 g/mol. The molecule has 1 saturated heterocycles. The second-order valence-electron chi connectivity index (χ2n) is 4.32. The molecular formula is C11H11BrF3NO3S. The van der Waals surface area contributed by atoms with Crippen LogP contribution in [0.4, 0.5) is 13.2 Å². The molecule has 112 valence electrons. The lowest BCUT2D eigenvalue weighted by atomic mass is 10.2. The Hall–Kier alpha value is -0.640. The maximum atomic E-state index is 12.8. The maximum Gasteiger partial charge on any atom is 0.417 e. The van der Waals surface area contributed by atoms with Crippen LogP contribution in [-0.4, -0.2) is 27.7 Å². The van der Waals surface area contributed by atoms with E-state index >= 15 is 0 Å². The molecule has 0 spiro atoms. The Bertz CT molecular complexity index is 597. The minimum atomic E-state index is -4.62. The van der Waals surface area contributed by atoms with Gasteiger partial charge in [0.15, 0.2) is 0 Å². The quantitative estimate of drug-likeness (QED) is 0.885. The average molecular weight is 374 g/mol. The summed E-state index contributed by atoms with van der Waals surface area (Å²) in [6.45, 7) is 0.656. The summed E-state index contributed by atoms with van der Waals surface area (Å²) in [5.41, 5.74) is -1.02. The van der Waals surface area contributed by atoms with E-state index in [1.807, 2.05) is 0 Å². The molecule has 2 rings (SSSR count). The molecule has 1 aliphatic heterocycles. The Kier molecular flexibility index (Phi) is 4.43. The fourth-order valence-electron chi connectivity index (χ4n) is 1.80. The molecule has 1 unspecified atom stereocenters. The Morgan fingerprint density at radius 1 is 1.35 bits per heavy atom. The largest absolute Gasteiger partial charge is 0.417 e. The lowest BCUT2D eigenvalue weighted by Gasteiger charge is -2.14. The van der Waals surface area contributed by atoms with Gasteiger partial charge in [0.05, 0.1) is 17.1 Å². The minimum Gasteiger partial charge on any atom is -0.380 e. The van der Waals surface area contributed by atoms with Crippen LogP contribution in [0.5, 0.6) is 0 Å². The van der Waals surface area contributed by atoms with Crippen molar-refractivity contribution in [3.63, 3.8) is 0 Å². The third-order valence-electron chi connectivity index (χ3n) is 2.81. The summed E-state index contributed by atoms with van der Waals surface area (Å²) in [7, 11) is -3.99. The molecule has 0 aromatic heterocycles. The number of alkyl halides is 3. The van der Waals surface area contributed by atoms with Gasteiger partial charge in [-0.05, 0) is 24.6 Å².